The Balaban J connectivity index is 1.43. The lowest BCUT2D eigenvalue weighted by Crippen LogP contribution is -2.47. The molecule has 1 aliphatic carbocycles. The van der Waals surface area contributed by atoms with Crippen molar-refractivity contribution in [2.75, 3.05) is 31.1 Å². The second-order valence-electron chi connectivity index (χ2n) is 7.59. The maximum atomic E-state index is 12.5. The number of nitrogens with zero attached hydrogens (tertiary/aromatic N) is 1. The molecule has 0 radical (unpaired) electrons. The van der Waals surface area contributed by atoms with Crippen LogP contribution in [0.25, 0.3) is 0 Å². The molecule has 5 heteroatoms. The molecule has 0 unspecified atom stereocenters. The standard InChI is InChI=1S/C21H33N3O2/c1-2-14-26-20-10-9-17(15-18(20)22)21(25)23-11-13-24-12-5-7-16-6-3-4-8-19(16)24/h3-4,6,8,17-18,20H,2,5,7,9-15,22H2,1H3,(H,23,25)/t17-,18+,20+/m0/s1. The fraction of sp³-hybridized carbons (Fsp3) is 0.667. The van der Waals surface area contributed by atoms with Gasteiger partial charge in [0.25, 0.3) is 0 Å². The average Bonchev–Trinajstić information content (AvgIpc) is 2.67. The van der Waals surface area contributed by atoms with Gasteiger partial charge < -0.3 is 20.7 Å². The first-order valence-corrected chi connectivity index (χ1v) is 10.2. The van der Waals surface area contributed by atoms with Gasteiger partial charge in [0.15, 0.2) is 0 Å². The number of benzene rings is 1. The Kier molecular flexibility index (Phi) is 6.92. The molecule has 0 bridgehead atoms. The number of hydrogen-bond acceptors (Lipinski definition) is 4. The summed E-state index contributed by atoms with van der Waals surface area (Å²) in [5.74, 6) is 0.180. The number of fused-ring (bicyclic) bond motifs is 1. The van der Waals surface area contributed by atoms with Crippen LogP contribution in [0.5, 0.6) is 0 Å². The van der Waals surface area contributed by atoms with Crippen LogP contribution < -0.4 is 16.0 Å². The molecule has 0 saturated heterocycles. The van der Waals surface area contributed by atoms with Crippen LogP contribution in [0.3, 0.4) is 0 Å². The third kappa shape index (κ3) is 4.77. The van der Waals surface area contributed by atoms with Crippen molar-refractivity contribution < 1.29 is 9.53 Å². The van der Waals surface area contributed by atoms with Gasteiger partial charge in [0.1, 0.15) is 0 Å². The Hall–Kier alpha value is -1.59. The molecule has 0 aromatic heterocycles. The van der Waals surface area contributed by atoms with E-state index < -0.39 is 0 Å². The molecule has 1 fully saturated rings. The SMILES string of the molecule is CCCO[C@@H]1CC[C@H](C(=O)NCCN2CCCc3ccccc32)C[C@H]1N. The zero-order valence-electron chi connectivity index (χ0n) is 16.0. The van der Waals surface area contributed by atoms with Crippen LogP contribution in [0, 0.1) is 5.92 Å². The molecule has 3 rings (SSSR count). The van der Waals surface area contributed by atoms with E-state index in [9.17, 15) is 4.79 Å². The van der Waals surface area contributed by atoms with Crippen LogP contribution >= 0.6 is 0 Å². The minimum atomic E-state index is -0.0278. The molecule has 5 nitrogen and oxygen atoms in total. The van der Waals surface area contributed by atoms with Crippen LogP contribution in [0.2, 0.25) is 0 Å². The van der Waals surface area contributed by atoms with Gasteiger partial charge in [0, 0.05) is 43.9 Å². The van der Waals surface area contributed by atoms with Gasteiger partial charge in [-0.05, 0) is 50.2 Å². The number of hydrogen-bond donors (Lipinski definition) is 2. The number of para-hydroxylation sites is 1. The lowest BCUT2D eigenvalue weighted by atomic mass is 9.83. The molecule has 144 valence electrons. The predicted molar refractivity (Wildman–Crippen MR) is 105 cm³/mol. The quantitative estimate of drug-likeness (QED) is 0.785. The summed E-state index contributed by atoms with van der Waals surface area (Å²) in [5.41, 5.74) is 8.97. The van der Waals surface area contributed by atoms with Crippen molar-refractivity contribution >= 4 is 11.6 Å². The van der Waals surface area contributed by atoms with Gasteiger partial charge in [-0.3, -0.25) is 4.79 Å². The fourth-order valence-corrected chi connectivity index (χ4v) is 4.19. The van der Waals surface area contributed by atoms with E-state index in [0.29, 0.717) is 6.54 Å². The highest BCUT2D eigenvalue weighted by atomic mass is 16.5. The van der Waals surface area contributed by atoms with Gasteiger partial charge in [0.05, 0.1) is 6.10 Å². The summed E-state index contributed by atoms with van der Waals surface area (Å²) in [6.07, 6.45) is 5.95. The van der Waals surface area contributed by atoms with E-state index in [-0.39, 0.29) is 24.0 Å². The molecule has 1 heterocycles. The van der Waals surface area contributed by atoms with Crippen molar-refractivity contribution in [2.45, 2.75) is 57.6 Å². The zero-order valence-corrected chi connectivity index (χ0v) is 16.0. The van der Waals surface area contributed by atoms with Gasteiger partial charge in [-0.15, -0.1) is 0 Å². The summed E-state index contributed by atoms with van der Waals surface area (Å²) >= 11 is 0. The summed E-state index contributed by atoms with van der Waals surface area (Å²) in [4.78, 5) is 14.9. The summed E-state index contributed by atoms with van der Waals surface area (Å²) in [7, 11) is 0. The Labute approximate surface area is 157 Å². The molecule has 1 aliphatic heterocycles. The van der Waals surface area contributed by atoms with Crippen molar-refractivity contribution in [3.05, 3.63) is 29.8 Å². The molecular formula is C21H33N3O2. The van der Waals surface area contributed by atoms with Crippen LogP contribution in [-0.2, 0) is 16.0 Å². The Morgan fingerprint density at radius 3 is 3.00 bits per heavy atom. The highest BCUT2D eigenvalue weighted by Crippen LogP contribution is 2.27. The Bertz CT molecular complexity index is 592. The van der Waals surface area contributed by atoms with E-state index in [1.807, 2.05) is 0 Å². The monoisotopic (exact) mass is 359 g/mol. The zero-order chi connectivity index (χ0) is 18.4. The van der Waals surface area contributed by atoms with Crippen molar-refractivity contribution in [2.24, 2.45) is 11.7 Å². The summed E-state index contributed by atoms with van der Waals surface area (Å²) in [6, 6.07) is 8.57. The van der Waals surface area contributed by atoms with Crippen LogP contribution in [0.4, 0.5) is 5.69 Å². The fourth-order valence-electron chi connectivity index (χ4n) is 4.19. The topological polar surface area (TPSA) is 67.6 Å². The number of nitrogens with one attached hydrogen (secondary N) is 1. The molecular weight excluding hydrogens is 326 g/mol. The third-order valence-corrected chi connectivity index (χ3v) is 5.63. The highest BCUT2D eigenvalue weighted by Gasteiger charge is 2.32. The van der Waals surface area contributed by atoms with Gasteiger partial charge >= 0.3 is 0 Å². The van der Waals surface area contributed by atoms with E-state index in [1.54, 1.807) is 0 Å². The van der Waals surface area contributed by atoms with E-state index in [1.165, 1.54) is 17.7 Å². The molecule has 1 aromatic rings. The van der Waals surface area contributed by atoms with Crippen molar-refractivity contribution in [3.8, 4) is 0 Å². The lowest BCUT2D eigenvalue weighted by Gasteiger charge is -2.34. The number of carbonyl (C=O) groups is 1. The second-order valence-corrected chi connectivity index (χ2v) is 7.59. The van der Waals surface area contributed by atoms with Gasteiger partial charge in [0.2, 0.25) is 5.91 Å². The third-order valence-electron chi connectivity index (χ3n) is 5.63. The number of carbonyl (C=O) groups excluding carboxylic acids is 1. The first-order valence-electron chi connectivity index (χ1n) is 10.2. The number of ether oxygens (including phenoxy) is 1. The van der Waals surface area contributed by atoms with Gasteiger partial charge in [-0.1, -0.05) is 25.1 Å². The normalized spacial score (nSPS) is 25.6. The van der Waals surface area contributed by atoms with Crippen molar-refractivity contribution in [1.29, 1.82) is 0 Å². The van der Waals surface area contributed by atoms with Gasteiger partial charge in [-0.25, -0.2) is 0 Å². The van der Waals surface area contributed by atoms with Crippen LogP contribution in [0.1, 0.15) is 44.6 Å². The largest absolute Gasteiger partial charge is 0.377 e. The van der Waals surface area contributed by atoms with E-state index in [0.717, 1.165) is 51.8 Å². The highest BCUT2D eigenvalue weighted by molar-refractivity contribution is 5.78. The molecule has 2 aliphatic rings. The lowest BCUT2D eigenvalue weighted by molar-refractivity contribution is -0.127. The maximum Gasteiger partial charge on any atom is 0.223 e. The Morgan fingerprint density at radius 1 is 1.35 bits per heavy atom. The van der Waals surface area contributed by atoms with E-state index in [2.05, 4.69) is 41.4 Å². The molecule has 0 spiro atoms. The molecule has 1 amide bonds. The summed E-state index contributed by atoms with van der Waals surface area (Å²) < 4.78 is 5.80. The number of nitrogens with two attached hydrogens (primary N) is 1. The first-order chi connectivity index (χ1) is 12.7. The number of aryl methyl sites for hydroxylation is 1. The number of amides is 1. The molecule has 3 N–H and O–H groups in total. The van der Waals surface area contributed by atoms with Crippen LogP contribution in [-0.4, -0.2) is 44.3 Å². The summed E-state index contributed by atoms with van der Waals surface area (Å²) in [5, 5.41) is 3.13. The van der Waals surface area contributed by atoms with Crippen molar-refractivity contribution in [1.82, 2.24) is 5.32 Å². The molecule has 1 saturated carbocycles. The van der Waals surface area contributed by atoms with Crippen LogP contribution in [0.15, 0.2) is 24.3 Å². The maximum absolute atomic E-state index is 12.5. The molecule has 1 aromatic carbocycles. The smallest absolute Gasteiger partial charge is 0.223 e. The second kappa shape index (κ2) is 9.38. The average molecular weight is 360 g/mol. The summed E-state index contributed by atoms with van der Waals surface area (Å²) in [6.45, 7) is 5.48. The van der Waals surface area contributed by atoms with Gasteiger partial charge in [-0.2, -0.15) is 0 Å². The number of rotatable bonds is 7. The predicted octanol–water partition coefficient (Wildman–Crippen LogP) is 2.48. The molecule has 3 atom stereocenters. The minimum Gasteiger partial charge on any atom is -0.377 e. The van der Waals surface area contributed by atoms with E-state index in [4.69, 9.17) is 10.5 Å². The Morgan fingerprint density at radius 2 is 2.19 bits per heavy atom. The van der Waals surface area contributed by atoms with Crippen molar-refractivity contribution in [3.63, 3.8) is 0 Å². The minimum absolute atomic E-state index is 0.0278. The molecule has 26 heavy (non-hydrogen) atoms. The van der Waals surface area contributed by atoms with E-state index >= 15 is 0 Å². The first kappa shape index (κ1) is 19.2. The number of anilines is 1.